The van der Waals surface area contributed by atoms with Crippen LogP contribution in [0.25, 0.3) is 0 Å². The average molecular weight is 353 g/mol. The van der Waals surface area contributed by atoms with Crippen molar-refractivity contribution in [1.29, 1.82) is 0 Å². The van der Waals surface area contributed by atoms with Crippen LogP contribution in [0.2, 0.25) is 5.02 Å². The molecule has 0 saturated carbocycles. The van der Waals surface area contributed by atoms with Crippen molar-refractivity contribution in [3.8, 4) is 0 Å². The third kappa shape index (κ3) is 3.91. The van der Waals surface area contributed by atoms with Gasteiger partial charge in [0.05, 0.1) is 32.5 Å². The summed E-state index contributed by atoms with van der Waals surface area (Å²) in [6, 6.07) is 7.75. The van der Waals surface area contributed by atoms with Crippen molar-refractivity contribution in [1.82, 2.24) is 9.80 Å². The quantitative estimate of drug-likeness (QED) is 0.837. The minimum Gasteiger partial charge on any atom is -0.378 e. The highest BCUT2D eigenvalue weighted by molar-refractivity contribution is 6.31. The summed E-state index contributed by atoms with van der Waals surface area (Å²) in [7, 11) is 0. The minimum atomic E-state index is -0.181. The van der Waals surface area contributed by atoms with E-state index in [9.17, 15) is 4.79 Å². The number of carbonyl (C=O) groups excluding carboxylic acids is 1. The van der Waals surface area contributed by atoms with Gasteiger partial charge < -0.3 is 14.4 Å². The monoisotopic (exact) mass is 352 g/mol. The largest absolute Gasteiger partial charge is 0.378 e. The molecule has 2 saturated heterocycles. The zero-order chi connectivity index (χ0) is 17.2. The van der Waals surface area contributed by atoms with Crippen molar-refractivity contribution < 1.29 is 14.3 Å². The lowest BCUT2D eigenvalue weighted by Crippen LogP contribution is -2.57. The fourth-order valence-electron chi connectivity index (χ4n) is 3.17. The second-order valence-electron chi connectivity index (χ2n) is 7.01. The van der Waals surface area contributed by atoms with E-state index in [0.29, 0.717) is 51.0 Å². The van der Waals surface area contributed by atoms with E-state index in [-0.39, 0.29) is 17.6 Å². The van der Waals surface area contributed by atoms with E-state index in [2.05, 4.69) is 18.7 Å². The molecule has 0 aliphatic carbocycles. The molecule has 0 radical (unpaired) electrons. The maximum absolute atomic E-state index is 12.6. The van der Waals surface area contributed by atoms with E-state index in [1.165, 1.54) is 0 Å². The average Bonchev–Trinajstić information content (AvgIpc) is 2.58. The van der Waals surface area contributed by atoms with Crippen LogP contribution in [0.15, 0.2) is 24.3 Å². The van der Waals surface area contributed by atoms with Crippen molar-refractivity contribution in [2.75, 3.05) is 46.0 Å². The highest BCUT2D eigenvalue weighted by Gasteiger charge is 2.37. The van der Waals surface area contributed by atoms with E-state index in [4.69, 9.17) is 21.1 Å². The molecule has 1 aromatic rings. The number of ether oxygens (including phenoxy) is 2. The second kappa shape index (κ2) is 7.40. The summed E-state index contributed by atoms with van der Waals surface area (Å²) in [6.07, 6.45) is -0.107. The molecule has 1 aromatic carbocycles. The Morgan fingerprint density at radius 2 is 2.00 bits per heavy atom. The van der Waals surface area contributed by atoms with Crippen LogP contribution in [0.1, 0.15) is 25.5 Å². The van der Waals surface area contributed by atoms with Gasteiger partial charge in [0.2, 0.25) is 5.91 Å². The Morgan fingerprint density at radius 3 is 2.71 bits per heavy atom. The molecule has 0 aromatic heterocycles. The molecule has 5 nitrogen and oxygen atoms in total. The van der Waals surface area contributed by atoms with Gasteiger partial charge in [0.1, 0.15) is 0 Å². The van der Waals surface area contributed by atoms with Gasteiger partial charge in [0.25, 0.3) is 0 Å². The molecule has 0 N–H and O–H groups in total. The van der Waals surface area contributed by atoms with Gasteiger partial charge in [0.15, 0.2) is 0 Å². The van der Waals surface area contributed by atoms with Crippen LogP contribution in [0.4, 0.5) is 0 Å². The Labute approximate surface area is 148 Å². The molecule has 6 heteroatoms. The molecule has 0 spiro atoms. The number of nitrogens with zero attached hydrogens (tertiary/aromatic N) is 2. The van der Waals surface area contributed by atoms with Crippen LogP contribution in [0.3, 0.4) is 0 Å². The first-order valence-corrected chi connectivity index (χ1v) is 8.82. The fourth-order valence-corrected chi connectivity index (χ4v) is 3.43. The van der Waals surface area contributed by atoms with Crippen molar-refractivity contribution in [2.45, 2.75) is 25.5 Å². The summed E-state index contributed by atoms with van der Waals surface area (Å²) < 4.78 is 11.4. The zero-order valence-corrected chi connectivity index (χ0v) is 15.1. The first-order chi connectivity index (χ1) is 11.5. The lowest BCUT2D eigenvalue weighted by molar-refractivity contribution is -0.145. The molecular formula is C18H25ClN2O3. The topological polar surface area (TPSA) is 42.0 Å². The van der Waals surface area contributed by atoms with Crippen LogP contribution in [-0.4, -0.2) is 67.2 Å². The Morgan fingerprint density at radius 1 is 1.29 bits per heavy atom. The van der Waals surface area contributed by atoms with Crippen LogP contribution in [-0.2, 0) is 14.3 Å². The smallest absolute Gasteiger partial charge is 0.236 e. The van der Waals surface area contributed by atoms with Crippen LogP contribution in [0, 0.1) is 0 Å². The number of rotatable bonds is 3. The fraction of sp³-hybridized carbons (Fsp3) is 0.611. The van der Waals surface area contributed by atoms with Crippen molar-refractivity contribution >= 4 is 17.5 Å². The molecule has 2 fully saturated rings. The van der Waals surface area contributed by atoms with E-state index >= 15 is 0 Å². The number of amides is 1. The van der Waals surface area contributed by atoms with Crippen LogP contribution in [0.5, 0.6) is 0 Å². The van der Waals surface area contributed by atoms with E-state index < -0.39 is 0 Å². The predicted octanol–water partition coefficient (Wildman–Crippen LogP) is 2.35. The minimum absolute atomic E-state index is 0.107. The second-order valence-corrected chi connectivity index (χ2v) is 7.41. The van der Waals surface area contributed by atoms with Gasteiger partial charge in [-0.15, -0.1) is 0 Å². The summed E-state index contributed by atoms with van der Waals surface area (Å²) in [4.78, 5) is 16.7. The lowest BCUT2D eigenvalue weighted by Gasteiger charge is -2.45. The summed E-state index contributed by atoms with van der Waals surface area (Å²) in [5.74, 6) is 0.159. The Bertz CT molecular complexity index is 587. The number of hydrogen-bond acceptors (Lipinski definition) is 4. The van der Waals surface area contributed by atoms with E-state index in [0.717, 1.165) is 5.56 Å². The molecule has 3 rings (SSSR count). The Balaban J connectivity index is 1.70. The summed E-state index contributed by atoms with van der Waals surface area (Å²) in [6.45, 7) is 8.46. The first-order valence-electron chi connectivity index (χ1n) is 8.44. The summed E-state index contributed by atoms with van der Waals surface area (Å²) >= 11 is 6.32. The number of halogens is 1. The maximum atomic E-state index is 12.6. The number of hydrogen-bond donors (Lipinski definition) is 0. The van der Waals surface area contributed by atoms with Gasteiger partial charge in [-0.3, -0.25) is 9.69 Å². The molecule has 24 heavy (non-hydrogen) atoms. The molecule has 1 amide bonds. The van der Waals surface area contributed by atoms with Crippen molar-refractivity contribution in [3.63, 3.8) is 0 Å². The van der Waals surface area contributed by atoms with Crippen molar-refractivity contribution in [3.05, 3.63) is 34.9 Å². The maximum Gasteiger partial charge on any atom is 0.236 e. The van der Waals surface area contributed by atoms with Gasteiger partial charge in [-0.25, -0.2) is 0 Å². The third-order valence-electron chi connectivity index (χ3n) is 4.82. The molecule has 1 atom stereocenters. The van der Waals surface area contributed by atoms with Gasteiger partial charge in [-0.2, -0.15) is 0 Å². The normalized spacial score (nSPS) is 24.8. The number of benzene rings is 1. The highest BCUT2D eigenvalue weighted by Crippen LogP contribution is 2.33. The third-order valence-corrected chi connectivity index (χ3v) is 5.17. The standard InChI is InChI=1S/C18H25ClN2O3/c1-18(2)13-24-16(14-5-3-4-6-15(14)19)11-21(18)12-17(22)20-7-9-23-10-8-20/h3-6,16H,7-13H2,1-2H3. The molecule has 132 valence electrons. The molecular weight excluding hydrogens is 328 g/mol. The lowest BCUT2D eigenvalue weighted by atomic mass is 9.98. The van der Waals surface area contributed by atoms with E-state index in [1.54, 1.807) is 0 Å². The molecule has 1 unspecified atom stereocenters. The Kier molecular flexibility index (Phi) is 5.45. The molecule has 2 aliphatic rings. The SMILES string of the molecule is CC1(C)COC(c2ccccc2Cl)CN1CC(=O)N1CCOCC1. The van der Waals surface area contributed by atoms with Gasteiger partial charge >= 0.3 is 0 Å². The summed E-state index contributed by atoms with van der Waals surface area (Å²) in [5, 5.41) is 0.710. The molecule has 2 heterocycles. The first kappa shape index (κ1) is 17.7. The Hall–Kier alpha value is -1.14. The zero-order valence-electron chi connectivity index (χ0n) is 14.3. The predicted molar refractivity (Wildman–Crippen MR) is 93.2 cm³/mol. The molecule has 2 aliphatic heterocycles. The van der Waals surface area contributed by atoms with Gasteiger partial charge in [0, 0.05) is 35.8 Å². The number of carbonyl (C=O) groups is 1. The van der Waals surface area contributed by atoms with Gasteiger partial charge in [-0.05, 0) is 19.9 Å². The highest BCUT2D eigenvalue weighted by atomic mass is 35.5. The summed E-state index contributed by atoms with van der Waals surface area (Å²) in [5.41, 5.74) is 0.804. The van der Waals surface area contributed by atoms with Crippen LogP contribution >= 0.6 is 11.6 Å². The van der Waals surface area contributed by atoms with E-state index in [1.807, 2.05) is 29.2 Å². The van der Waals surface area contributed by atoms with Crippen LogP contribution < -0.4 is 0 Å². The van der Waals surface area contributed by atoms with Gasteiger partial charge in [-0.1, -0.05) is 29.8 Å². The van der Waals surface area contributed by atoms with Crippen molar-refractivity contribution in [2.24, 2.45) is 0 Å². The number of morpholine rings is 2. The molecule has 0 bridgehead atoms.